The first-order valence-corrected chi connectivity index (χ1v) is 16.2. The Hall–Kier alpha value is 0.499. The summed E-state index contributed by atoms with van der Waals surface area (Å²) in [5.41, 5.74) is 0. The normalized spacial score (nSPS) is 10.6. The Kier molecular flexibility index (Phi) is 6.34. The molecule has 0 bridgehead atoms. The van der Waals surface area contributed by atoms with Gasteiger partial charge in [0, 0.05) is 0 Å². The van der Waals surface area contributed by atoms with Crippen molar-refractivity contribution in [3.05, 3.63) is 38.0 Å². The van der Waals surface area contributed by atoms with Gasteiger partial charge < -0.3 is 0 Å². The molecule has 0 radical (unpaired) electrons. The van der Waals surface area contributed by atoms with Crippen LogP contribution in [0.4, 0.5) is 0 Å². The van der Waals surface area contributed by atoms with Gasteiger partial charge in [-0.25, -0.2) is 0 Å². The molecule has 0 aromatic rings. The monoisotopic (exact) mass is 322 g/mol. The van der Waals surface area contributed by atoms with Gasteiger partial charge in [-0.2, -0.15) is 0 Å². The van der Waals surface area contributed by atoms with Crippen molar-refractivity contribution in [3.8, 4) is 0 Å². The number of halogens is 1. The molecule has 0 aromatic heterocycles. The molecular weight excluding hydrogens is 307 g/mol. The SMILES string of the molecule is C=C[CH2][Sn]([Br])([CH2]C=C)[CH2]C=C. The van der Waals surface area contributed by atoms with Crippen LogP contribution in [0.5, 0.6) is 0 Å². The quantitative estimate of drug-likeness (QED) is 0.514. The summed E-state index contributed by atoms with van der Waals surface area (Å²) in [5, 5.41) is 0. The zero-order chi connectivity index (χ0) is 8.74. The number of hydrogen-bond acceptors (Lipinski definition) is 0. The fourth-order valence-corrected chi connectivity index (χ4v) is 11.5. The van der Waals surface area contributed by atoms with Gasteiger partial charge in [0.1, 0.15) is 0 Å². The van der Waals surface area contributed by atoms with E-state index in [4.69, 9.17) is 0 Å². The second-order valence-electron chi connectivity index (χ2n) is 2.63. The number of rotatable bonds is 6. The van der Waals surface area contributed by atoms with Crippen molar-refractivity contribution < 1.29 is 0 Å². The van der Waals surface area contributed by atoms with Crippen molar-refractivity contribution in [2.75, 3.05) is 0 Å². The number of allylic oxidation sites excluding steroid dienone is 3. The molecule has 11 heavy (non-hydrogen) atoms. The van der Waals surface area contributed by atoms with Crippen molar-refractivity contribution in [2.45, 2.75) is 13.3 Å². The van der Waals surface area contributed by atoms with Crippen molar-refractivity contribution >= 4 is 28.9 Å². The molecule has 0 aliphatic rings. The van der Waals surface area contributed by atoms with Gasteiger partial charge >= 0.3 is 80.1 Å². The molecule has 0 nitrogen and oxygen atoms in total. The first kappa shape index (κ1) is 11.5. The molecule has 0 aromatic carbocycles. The average molecular weight is 322 g/mol. The second-order valence-corrected chi connectivity index (χ2v) is 24.0. The molecule has 0 unspecified atom stereocenters. The van der Waals surface area contributed by atoms with E-state index in [1.165, 1.54) is 0 Å². The van der Waals surface area contributed by atoms with Crippen LogP contribution in [-0.2, 0) is 0 Å². The predicted octanol–water partition coefficient (Wildman–Crippen LogP) is 3.88. The van der Waals surface area contributed by atoms with Crippen LogP contribution >= 0.6 is 12.7 Å². The fraction of sp³-hybridized carbons (Fsp3) is 0.333. The molecule has 0 heterocycles. The zero-order valence-corrected chi connectivity index (χ0v) is 11.3. The molecule has 0 aliphatic heterocycles. The molecule has 0 fully saturated rings. The summed E-state index contributed by atoms with van der Waals surface area (Å²) >= 11 is 1.85. The number of hydrogen-bond donors (Lipinski definition) is 0. The van der Waals surface area contributed by atoms with E-state index in [1.54, 1.807) is 0 Å². The van der Waals surface area contributed by atoms with Crippen LogP contribution in [0, 0.1) is 0 Å². The molecular formula is C9H15BrSn. The Morgan fingerprint density at radius 3 is 1.36 bits per heavy atom. The van der Waals surface area contributed by atoms with E-state index in [-0.39, 0.29) is 0 Å². The summed E-state index contributed by atoms with van der Waals surface area (Å²) in [5.74, 6) is 0. The molecule has 0 aliphatic carbocycles. The van der Waals surface area contributed by atoms with Crippen molar-refractivity contribution in [1.29, 1.82) is 0 Å². The molecule has 62 valence electrons. The molecule has 0 saturated heterocycles. The standard InChI is InChI=1S/3C3H5.BrH.Sn/c3*1-3-2;;/h3*3H,1-2H2;1H;/q;;;;+1/p-1. The Morgan fingerprint density at radius 2 is 1.18 bits per heavy atom. The Bertz CT molecular complexity index is 125. The van der Waals surface area contributed by atoms with E-state index in [0.717, 1.165) is 13.3 Å². The van der Waals surface area contributed by atoms with E-state index >= 15 is 0 Å². The van der Waals surface area contributed by atoms with Gasteiger partial charge in [0.15, 0.2) is 0 Å². The van der Waals surface area contributed by atoms with Crippen molar-refractivity contribution in [3.63, 3.8) is 0 Å². The molecule has 0 saturated carbocycles. The van der Waals surface area contributed by atoms with Crippen molar-refractivity contribution in [1.82, 2.24) is 0 Å². The first-order chi connectivity index (χ1) is 5.18. The van der Waals surface area contributed by atoms with Gasteiger partial charge in [-0.3, -0.25) is 0 Å². The summed E-state index contributed by atoms with van der Waals surface area (Å²) in [7, 11) is 0. The first-order valence-electron chi connectivity index (χ1n) is 3.70. The maximum absolute atomic E-state index is 3.86. The van der Waals surface area contributed by atoms with Gasteiger partial charge in [-0.05, 0) is 0 Å². The van der Waals surface area contributed by atoms with Gasteiger partial charge in [0.25, 0.3) is 0 Å². The third kappa shape index (κ3) is 4.85. The van der Waals surface area contributed by atoms with E-state index in [1.807, 2.05) is 18.2 Å². The summed E-state index contributed by atoms with van der Waals surface area (Å²) in [6.45, 7) is 11.3. The van der Waals surface area contributed by atoms with Crippen LogP contribution < -0.4 is 0 Å². The van der Waals surface area contributed by atoms with Gasteiger partial charge in [-0.1, -0.05) is 0 Å². The Morgan fingerprint density at radius 1 is 0.909 bits per heavy atom. The molecule has 0 amide bonds. The average Bonchev–Trinajstić information content (AvgIpc) is 1.88. The molecule has 0 atom stereocenters. The van der Waals surface area contributed by atoms with Crippen LogP contribution in [0.25, 0.3) is 0 Å². The third-order valence-electron chi connectivity index (χ3n) is 1.53. The van der Waals surface area contributed by atoms with Gasteiger partial charge in [-0.15, -0.1) is 0 Å². The van der Waals surface area contributed by atoms with E-state index in [2.05, 4.69) is 32.4 Å². The summed E-state index contributed by atoms with van der Waals surface area (Å²) in [4.78, 5) is 0. The minimum atomic E-state index is -2.01. The third-order valence-corrected chi connectivity index (χ3v) is 16.8. The second kappa shape index (κ2) is 6.06. The zero-order valence-electron chi connectivity index (χ0n) is 6.85. The fourth-order valence-electron chi connectivity index (χ4n) is 1.03. The van der Waals surface area contributed by atoms with Crippen LogP contribution in [-0.4, -0.2) is 16.2 Å². The van der Waals surface area contributed by atoms with Gasteiger partial charge in [0.05, 0.1) is 0 Å². The van der Waals surface area contributed by atoms with E-state index < -0.39 is 16.2 Å². The van der Waals surface area contributed by atoms with E-state index in [0.29, 0.717) is 0 Å². The minimum absolute atomic E-state index is 1.16. The topological polar surface area (TPSA) is 0 Å². The maximum atomic E-state index is 3.86. The van der Waals surface area contributed by atoms with Crippen LogP contribution in [0.15, 0.2) is 38.0 Å². The molecule has 0 rings (SSSR count). The van der Waals surface area contributed by atoms with E-state index in [9.17, 15) is 0 Å². The van der Waals surface area contributed by atoms with Gasteiger partial charge in [0.2, 0.25) is 0 Å². The van der Waals surface area contributed by atoms with Crippen LogP contribution in [0.3, 0.4) is 0 Å². The summed E-state index contributed by atoms with van der Waals surface area (Å²) in [6, 6.07) is 0. The van der Waals surface area contributed by atoms with Crippen molar-refractivity contribution in [2.24, 2.45) is 0 Å². The predicted molar refractivity (Wildman–Crippen MR) is 59.7 cm³/mol. The summed E-state index contributed by atoms with van der Waals surface area (Å²) < 4.78 is 3.48. The molecule has 0 N–H and O–H groups in total. The van der Waals surface area contributed by atoms with Crippen LogP contribution in [0.2, 0.25) is 13.3 Å². The Labute approximate surface area is 79.7 Å². The molecule has 0 spiro atoms. The van der Waals surface area contributed by atoms with Crippen LogP contribution in [0.1, 0.15) is 0 Å². The molecule has 2 heteroatoms. The Balaban J connectivity index is 4.09. The summed E-state index contributed by atoms with van der Waals surface area (Å²) in [6.07, 6.45) is 6.04.